The normalized spacial score (nSPS) is 14.3. The Morgan fingerprint density at radius 1 is 1.04 bits per heavy atom. The topological polar surface area (TPSA) is 25.8 Å². The molecule has 1 aromatic heterocycles. The van der Waals surface area contributed by atoms with Gasteiger partial charge in [0.1, 0.15) is 6.33 Å². The number of fused-ring (bicyclic) bond motifs is 5. The third kappa shape index (κ3) is 1.75. The summed E-state index contributed by atoms with van der Waals surface area (Å²) in [6.07, 6.45) is 3.39. The molecule has 0 saturated carbocycles. The van der Waals surface area contributed by atoms with Gasteiger partial charge in [0.2, 0.25) is 0 Å². The number of aromatic nitrogens is 2. The third-order valence-electron chi connectivity index (χ3n) is 4.83. The summed E-state index contributed by atoms with van der Waals surface area (Å²) in [5.74, 6) is 0. The highest BCUT2D eigenvalue weighted by Gasteiger charge is 2.40. The molecule has 1 aliphatic carbocycles. The lowest BCUT2D eigenvalue weighted by Gasteiger charge is -2.24. The van der Waals surface area contributed by atoms with Crippen LogP contribution in [0, 0.1) is 0 Å². The summed E-state index contributed by atoms with van der Waals surface area (Å²) in [4.78, 5) is 9.09. The van der Waals surface area contributed by atoms with Gasteiger partial charge in [0.15, 0.2) is 0 Å². The first-order valence-electron chi connectivity index (χ1n) is 7.75. The van der Waals surface area contributed by atoms with E-state index in [1.807, 2.05) is 0 Å². The standard InChI is InChI=1S/C21H18N2/c1-5-13(2)19-18-20(23-12-22-19)16-11-10-14-8-6-7-9-15(14)17(16)21(18,3)4/h5-12H,1-2H2,3-4H3. The molecule has 4 rings (SSSR count). The summed E-state index contributed by atoms with van der Waals surface area (Å²) in [6.45, 7) is 12.4. The predicted octanol–water partition coefficient (Wildman–Crippen LogP) is 5.14. The minimum Gasteiger partial charge on any atom is -0.236 e. The molecule has 23 heavy (non-hydrogen) atoms. The molecule has 2 nitrogen and oxygen atoms in total. The van der Waals surface area contributed by atoms with E-state index >= 15 is 0 Å². The van der Waals surface area contributed by atoms with Gasteiger partial charge in [0.05, 0.1) is 11.4 Å². The second-order valence-corrected chi connectivity index (χ2v) is 6.51. The lowest BCUT2D eigenvalue weighted by molar-refractivity contribution is 0.658. The van der Waals surface area contributed by atoms with Gasteiger partial charge in [-0.1, -0.05) is 69.5 Å². The van der Waals surface area contributed by atoms with Crippen molar-refractivity contribution in [2.24, 2.45) is 0 Å². The Morgan fingerprint density at radius 3 is 2.61 bits per heavy atom. The quantitative estimate of drug-likeness (QED) is 0.612. The molecule has 0 radical (unpaired) electrons. The van der Waals surface area contributed by atoms with Crippen LogP contribution in [0.2, 0.25) is 0 Å². The molecule has 1 aliphatic rings. The molecule has 0 atom stereocenters. The first-order chi connectivity index (χ1) is 11.1. The Kier molecular flexibility index (Phi) is 2.79. The molecule has 2 aromatic carbocycles. The van der Waals surface area contributed by atoms with Crippen molar-refractivity contribution in [2.45, 2.75) is 19.3 Å². The highest BCUT2D eigenvalue weighted by molar-refractivity contribution is 5.97. The third-order valence-corrected chi connectivity index (χ3v) is 4.83. The maximum atomic E-state index is 4.59. The van der Waals surface area contributed by atoms with Crippen LogP contribution < -0.4 is 0 Å². The van der Waals surface area contributed by atoms with Crippen molar-refractivity contribution in [3.63, 3.8) is 0 Å². The molecule has 0 amide bonds. The van der Waals surface area contributed by atoms with Gasteiger partial charge in [-0.15, -0.1) is 0 Å². The van der Waals surface area contributed by atoms with Crippen LogP contribution in [0.25, 0.3) is 27.6 Å². The molecule has 0 saturated heterocycles. The fraction of sp³-hybridized carbons (Fsp3) is 0.143. The summed E-state index contributed by atoms with van der Waals surface area (Å²) in [5.41, 5.74) is 6.26. The molecule has 3 aromatic rings. The van der Waals surface area contributed by atoms with Gasteiger partial charge in [0.25, 0.3) is 0 Å². The molecule has 0 unspecified atom stereocenters. The lowest BCUT2D eigenvalue weighted by atomic mass is 9.79. The van der Waals surface area contributed by atoms with E-state index in [0.29, 0.717) is 0 Å². The van der Waals surface area contributed by atoms with Crippen LogP contribution in [-0.2, 0) is 5.41 Å². The van der Waals surface area contributed by atoms with Crippen molar-refractivity contribution in [1.82, 2.24) is 9.97 Å². The van der Waals surface area contributed by atoms with Crippen molar-refractivity contribution < 1.29 is 0 Å². The van der Waals surface area contributed by atoms with E-state index in [4.69, 9.17) is 0 Å². The van der Waals surface area contributed by atoms with Crippen LogP contribution in [0.4, 0.5) is 0 Å². The second-order valence-electron chi connectivity index (χ2n) is 6.51. The van der Waals surface area contributed by atoms with Gasteiger partial charge < -0.3 is 0 Å². The van der Waals surface area contributed by atoms with E-state index in [-0.39, 0.29) is 5.41 Å². The number of hydrogen-bond acceptors (Lipinski definition) is 2. The number of allylic oxidation sites excluding steroid dienone is 2. The number of hydrogen-bond donors (Lipinski definition) is 0. The fourth-order valence-corrected chi connectivity index (χ4v) is 3.79. The van der Waals surface area contributed by atoms with E-state index in [0.717, 1.165) is 22.5 Å². The molecule has 0 bridgehead atoms. The second kappa shape index (κ2) is 4.63. The highest BCUT2D eigenvalue weighted by atomic mass is 14.9. The number of benzene rings is 2. The SMILES string of the molecule is C=CC(=C)c1ncnc2c1C(C)(C)c1c-2ccc2ccccc12. The van der Waals surface area contributed by atoms with Crippen LogP contribution in [0.3, 0.4) is 0 Å². The van der Waals surface area contributed by atoms with Crippen LogP contribution in [-0.4, -0.2) is 9.97 Å². The van der Waals surface area contributed by atoms with Crippen LogP contribution in [0.5, 0.6) is 0 Å². The van der Waals surface area contributed by atoms with E-state index in [1.54, 1.807) is 12.4 Å². The van der Waals surface area contributed by atoms with Gasteiger partial charge in [-0.2, -0.15) is 0 Å². The summed E-state index contributed by atoms with van der Waals surface area (Å²) in [5, 5.41) is 2.53. The van der Waals surface area contributed by atoms with Gasteiger partial charge in [-0.3, -0.25) is 0 Å². The smallest absolute Gasteiger partial charge is 0.116 e. The zero-order valence-corrected chi connectivity index (χ0v) is 13.4. The molecule has 1 heterocycles. The minimum atomic E-state index is -0.173. The fourth-order valence-electron chi connectivity index (χ4n) is 3.79. The summed E-state index contributed by atoms with van der Waals surface area (Å²) < 4.78 is 0. The Labute approximate surface area is 136 Å². The monoisotopic (exact) mass is 298 g/mol. The number of nitrogens with zero attached hydrogens (tertiary/aromatic N) is 2. The Bertz CT molecular complexity index is 980. The van der Waals surface area contributed by atoms with Crippen molar-refractivity contribution in [3.8, 4) is 11.3 Å². The Balaban J connectivity index is 2.14. The molecule has 0 fully saturated rings. The van der Waals surface area contributed by atoms with Crippen LogP contribution in [0.15, 0.2) is 62.0 Å². The van der Waals surface area contributed by atoms with E-state index < -0.39 is 0 Å². The lowest BCUT2D eigenvalue weighted by Crippen LogP contribution is -2.18. The highest BCUT2D eigenvalue weighted by Crippen LogP contribution is 2.51. The van der Waals surface area contributed by atoms with Crippen molar-refractivity contribution in [3.05, 3.63) is 78.8 Å². The molecule has 2 heteroatoms. The molecule has 112 valence electrons. The molecule has 0 N–H and O–H groups in total. The Hall–Kier alpha value is -2.74. The summed E-state index contributed by atoms with van der Waals surface area (Å²) >= 11 is 0. The maximum absolute atomic E-state index is 4.59. The predicted molar refractivity (Wildman–Crippen MR) is 96.3 cm³/mol. The summed E-state index contributed by atoms with van der Waals surface area (Å²) in [6, 6.07) is 12.9. The van der Waals surface area contributed by atoms with Gasteiger partial charge >= 0.3 is 0 Å². The average molecular weight is 298 g/mol. The molecular weight excluding hydrogens is 280 g/mol. The molecule has 0 spiro atoms. The maximum Gasteiger partial charge on any atom is 0.116 e. The van der Waals surface area contributed by atoms with E-state index in [2.05, 4.69) is 73.4 Å². The first kappa shape index (κ1) is 13.9. The van der Waals surface area contributed by atoms with Crippen molar-refractivity contribution in [1.29, 1.82) is 0 Å². The van der Waals surface area contributed by atoms with Crippen LogP contribution in [0.1, 0.15) is 30.7 Å². The first-order valence-corrected chi connectivity index (χ1v) is 7.75. The molecular formula is C21H18N2. The van der Waals surface area contributed by atoms with Gasteiger partial charge in [0, 0.05) is 16.5 Å². The Morgan fingerprint density at radius 2 is 1.83 bits per heavy atom. The van der Waals surface area contributed by atoms with Crippen molar-refractivity contribution >= 4 is 16.3 Å². The zero-order chi connectivity index (χ0) is 16.2. The van der Waals surface area contributed by atoms with Gasteiger partial charge in [-0.05, 0) is 21.9 Å². The minimum absolute atomic E-state index is 0.173. The van der Waals surface area contributed by atoms with E-state index in [9.17, 15) is 0 Å². The van der Waals surface area contributed by atoms with E-state index in [1.165, 1.54) is 21.9 Å². The number of rotatable bonds is 2. The van der Waals surface area contributed by atoms with Gasteiger partial charge in [-0.25, -0.2) is 9.97 Å². The van der Waals surface area contributed by atoms with Crippen molar-refractivity contribution in [2.75, 3.05) is 0 Å². The molecule has 0 aliphatic heterocycles. The zero-order valence-electron chi connectivity index (χ0n) is 13.4. The largest absolute Gasteiger partial charge is 0.236 e. The summed E-state index contributed by atoms with van der Waals surface area (Å²) in [7, 11) is 0. The van der Waals surface area contributed by atoms with Crippen LogP contribution >= 0.6 is 0 Å². The average Bonchev–Trinajstić information content (AvgIpc) is 2.82.